The van der Waals surface area contributed by atoms with Crippen LogP contribution in [0.4, 0.5) is 5.69 Å². The maximum absolute atomic E-state index is 11.1. The van der Waals surface area contributed by atoms with Gasteiger partial charge in [-0.05, 0) is 12.1 Å². The molecule has 1 amide bonds. The third-order valence-electron chi connectivity index (χ3n) is 2.40. The van der Waals surface area contributed by atoms with Gasteiger partial charge in [-0.3, -0.25) is 9.78 Å². The lowest BCUT2D eigenvalue weighted by atomic mass is 10.2. The number of nitrogens with one attached hydrogen (secondary N) is 1. The molecule has 16 heavy (non-hydrogen) atoms. The van der Waals surface area contributed by atoms with Crippen molar-refractivity contribution in [1.29, 1.82) is 0 Å². The number of carbonyl (C=O) groups is 1. The second-order valence-corrected chi connectivity index (χ2v) is 3.55. The van der Waals surface area contributed by atoms with E-state index in [0.29, 0.717) is 19.5 Å². The highest BCUT2D eigenvalue weighted by Crippen LogP contribution is 2.12. The monoisotopic (exact) mass is 222 g/mol. The maximum Gasteiger partial charge on any atom is 0.221 e. The fourth-order valence-corrected chi connectivity index (χ4v) is 1.34. The van der Waals surface area contributed by atoms with Gasteiger partial charge in [-0.1, -0.05) is 0 Å². The largest absolute Gasteiger partial charge is 0.374 e. The van der Waals surface area contributed by atoms with Gasteiger partial charge in [0.25, 0.3) is 0 Å². The van der Waals surface area contributed by atoms with Crippen molar-refractivity contribution >= 4 is 11.6 Å². The van der Waals surface area contributed by atoms with Gasteiger partial charge in [-0.15, -0.1) is 0 Å². The molecule has 0 aliphatic carbocycles. The first-order valence-electron chi connectivity index (χ1n) is 5.24. The molecule has 0 aromatic carbocycles. The summed E-state index contributed by atoms with van der Waals surface area (Å²) in [5, 5.41) is 2.60. The van der Waals surface area contributed by atoms with Gasteiger partial charge in [-0.2, -0.15) is 0 Å². The first-order valence-corrected chi connectivity index (χ1v) is 5.24. The molecule has 3 N–H and O–H groups in total. The minimum Gasteiger partial charge on any atom is -0.374 e. The lowest BCUT2D eigenvalue weighted by Crippen LogP contribution is -2.26. The minimum absolute atomic E-state index is 0.0416. The number of anilines is 1. The number of amides is 1. The van der Waals surface area contributed by atoms with Gasteiger partial charge in [-0.25, -0.2) is 0 Å². The van der Waals surface area contributed by atoms with Crippen molar-refractivity contribution in [3.8, 4) is 0 Å². The molecule has 88 valence electrons. The molecule has 0 fully saturated rings. The van der Waals surface area contributed by atoms with Gasteiger partial charge in [0.2, 0.25) is 5.91 Å². The molecule has 0 atom stereocenters. The third kappa shape index (κ3) is 3.51. The van der Waals surface area contributed by atoms with Crippen LogP contribution in [0, 0.1) is 0 Å². The Kier molecular flexibility index (Phi) is 4.72. The van der Waals surface area contributed by atoms with Gasteiger partial charge in [0.1, 0.15) is 0 Å². The summed E-state index contributed by atoms with van der Waals surface area (Å²) in [5.74, 6) is 0.0416. The molecule has 0 unspecified atom stereocenters. The van der Waals surface area contributed by atoms with Gasteiger partial charge in [0.15, 0.2) is 0 Å². The molecule has 0 spiro atoms. The Morgan fingerprint density at radius 3 is 3.00 bits per heavy atom. The van der Waals surface area contributed by atoms with Gasteiger partial charge in [0, 0.05) is 45.5 Å². The fraction of sp³-hybridized carbons (Fsp3) is 0.455. The summed E-state index contributed by atoms with van der Waals surface area (Å²) in [7, 11) is 3.58. The second-order valence-electron chi connectivity index (χ2n) is 3.55. The highest BCUT2D eigenvalue weighted by Gasteiger charge is 2.04. The summed E-state index contributed by atoms with van der Waals surface area (Å²) in [6.07, 6.45) is 2.21. The molecule has 0 bridgehead atoms. The zero-order valence-corrected chi connectivity index (χ0v) is 9.73. The van der Waals surface area contributed by atoms with Crippen LogP contribution in [-0.2, 0) is 11.3 Å². The predicted octanol–water partition coefficient (Wildman–Crippen LogP) is 0.113. The van der Waals surface area contributed by atoms with Crippen LogP contribution >= 0.6 is 0 Å². The molecular weight excluding hydrogens is 204 g/mol. The van der Waals surface area contributed by atoms with Gasteiger partial charge < -0.3 is 16.0 Å². The molecule has 1 heterocycles. The van der Waals surface area contributed by atoms with Crippen molar-refractivity contribution in [3.63, 3.8) is 0 Å². The van der Waals surface area contributed by atoms with Crippen molar-refractivity contribution in [2.45, 2.75) is 13.0 Å². The number of nitrogens with two attached hydrogens (primary N) is 1. The zero-order valence-electron chi connectivity index (χ0n) is 9.73. The van der Waals surface area contributed by atoms with E-state index in [2.05, 4.69) is 10.3 Å². The highest BCUT2D eigenvalue weighted by molar-refractivity contribution is 5.76. The van der Waals surface area contributed by atoms with Crippen molar-refractivity contribution in [3.05, 3.63) is 24.0 Å². The molecule has 0 saturated heterocycles. The molecule has 0 aliphatic heterocycles. The van der Waals surface area contributed by atoms with Crippen molar-refractivity contribution in [2.75, 3.05) is 25.5 Å². The third-order valence-corrected chi connectivity index (χ3v) is 2.40. The fourth-order valence-electron chi connectivity index (χ4n) is 1.34. The molecule has 1 aromatic heterocycles. The van der Waals surface area contributed by atoms with Crippen LogP contribution < -0.4 is 16.0 Å². The number of pyridine rings is 1. The van der Waals surface area contributed by atoms with Crippen molar-refractivity contribution < 1.29 is 4.79 Å². The first-order chi connectivity index (χ1) is 7.67. The molecule has 5 heteroatoms. The number of carbonyl (C=O) groups excluding carboxylic acids is 1. The van der Waals surface area contributed by atoms with Crippen LogP contribution in [0.5, 0.6) is 0 Å². The lowest BCUT2D eigenvalue weighted by molar-refractivity contribution is -0.120. The average Bonchev–Trinajstić information content (AvgIpc) is 2.35. The standard InChI is InChI=1S/C11H18N4O/c1-13-11(16)4-6-15(2)10-3-5-14-9(7-10)8-12/h3,5,7H,4,6,8,12H2,1-2H3,(H,13,16). The van der Waals surface area contributed by atoms with E-state index in [4.69, 9.17) is 5.73 Å². The number of aromatic nitrogens is 1. The normalized spacial score (nSPS) is 9.94. The lowest BCUT2D eigenvalue weighted by Gasteiger charge is -2.19. The Labute approximate surface area is 95.7 Å². The van der Waals surface area contributed by atoms with Crippen molar-refractivity contribution in [1.82, 2.24) is 10.3 Å². The topological polar surface area (TPSA) is 71.2 Å². The Hall–Kier alpha value is -1.62. The van der Waals surface area contributed by atoms with Crippen LogP contribution in [0.1, 0.15) is 12.1 Å². The summed E-state index contributed by atoms with van der Waals surface area (Å²) < 4.78 is 0. The first kappa shape index (κ1) is 12.4. The van der Waals surface area contributed by atoms with E-state index < -0.39 is 0 Å². The van der Waals surface area contributed by atoms with E-state index in [0.717, 1.165) is 11.4 Å². The molecule has 0 radical (unpaired) electrons. The van der Waals surface area contributed by atoms with Crippen LogP contribution in [-0.4, -0.2) is 31.5 Å². The molecule has 5 nitrogen and oxygen atoms in total. The van der Waals surface area contributed by atoms with Crippen molar-refractivity contribution in [2.24, 2.45) is 5.73 Å². The molecule has 1 rings (SSSR count). The van der Waals surface area contributed by atoms with E-state index in [1.165, 1.54) is 0 Å². The Balaban J connectivity index is 2.58. The van der Waals surface area contributed by atoms with Gasteiger partial charge >= 0.3 is 0 Å². The van der Waals surface area contributed by atoms with E-state index >= 15 is 0 Å². The average molecular weight is 222 g/mol. The maximum atomic E-state index is 11.1. The molecule has 0 aliphatic rings. The minimum atomic E-state index is 0.0416. The van der Waals surface area contributed by atoms with Crippen LogP contribution in [0.2, 0.25) is 0 Å². The number of nitrogens with zero attached hydrogens (tertiary/aromatic N) is 2. The Morgan fingerprint density at radius 1 is 1.62 bits per heavy atom. The van der Waals surface area contributed by atoms with E-state index in [1.807, 2.05) is 24.1 Å². The number of hydrogen-bond donors (Lipinski definition) is 2. The Bertz CT molecular complexity index is 354. The molecule has 0 saturated carbocycles. The summed E-state index contributed by atoms with van der Waals surface area (Å²) in [5.41, 5.74) is 7.40. The van der Waals surface area contributed by atoms with Crippen LogP contribution in [0.15, 0.2) is 18.3 Å². The van der Waals surface area contributed by atoms with E-state index in [-0.39, 0.29) is 5.91 Å². The second kappa shape index (κ2) is 6.07. The summed E-state index contributed by atoms with van der Waals surface area (Å²) in [6.45, 7) is 1.10. The summed E-state index contributed by atoms with van der Waals surface area (Å²) >= 11 is 0. The predicted molar refractivity (Wildman–Crippen MR) is 64.1 cm³/mol. The van der Waals surface area contributed by atoms with E-state index in [1.54, 1.807) is 13.2 Å². The number of rotatable bonds is 5. The summed E-state index contributed by atoms with van der Waals surface area (Å²) in [6, 6.07) is 3.84. The van der Waals surface area contributed by atoms with Crippen LogP contribution in [0.3, 0.4) is 0 Å². The smallest absolute Gasteiger partial charge is 0.221 e. The summed E-state index contributed by atoms with van der Waals surface area (Å²) in [4.78, 5) is 17.2. The number of hydrogen-bond acceptors (Lipinski definition) is 4. The Morgan fingerprint density at radius 2 is 2.38 bits per heavy atom. The van der Waals surface area contributed by atoms with Gasteiger partial charge in [0.05, 0.1) is 5.69 Å². The SMILES string of the molecule is CNC(=O)CCN(C)c1ccnc(CN)c1. The highest BCUT2D eigenvalue weighted by atomic mass is 16.1. The van der Waals surface area contributed by atoms with Crippen LogP contribution in [0.25, 0.3) is 0 Å². The molecular formula is C11H18N4O. The quantitative estimate of drug-likeness (QED) is 0.742. The van der Waals surface area contributed by atoms with E-state index in [9.17, 15) is 4.79 Å². The zero-order chi connectivity index (χ0) is 12.0. The molecule has 1 aromatic rings.